The summed E-state index contributed by atoms with van der Waals surface area (Å²) in [4.78, 5) is 18.5. The summed E-state index contributed by atoms with van der Waals surface area (Å²) in [7, 11) is 0. The Morgan fingerprint density at radius 3 is 2.41 bits per heavy atom. The van der Waals surface area contributed by atoms with Crippen LogP contribution in [0.3, 0.4) is 0 Å². The zero-order chi connectivity index (χ0) is 23.2. The third kappa shape index (κ3) is 3.47. The minimum atomic E-state index is -0.454. The third-order valence-electron chi connectivity index (χ3n) is 6.07. The molecule has 3 heterocycles. The van der Waals surface area contributed by atoms with Gasteiger partial charge in [-0.2, -0.15) is 4.57 Å². The molecule has 0 spiro atoms. The number of nitrogens with zero attached hydrogens (tertiary/aromatic N) is 2. The van der Waals surface area contributed by atoms with Crippen molar-refractivity contribution < 1.29 is 19.6 Å². The second-order valence-electron chi connectivity index (χ2n) is 8.29. The summed E-state index contributed by atoms with van der Waals surface area (Å²) in [5, 5.41) is 25.9. The van der Waals surface area contributed by atoms with Gasteiger partial charge in [0.2, 0.25) is 0 Å². The Hall–Kier alpha value is -4.23. The van der Waals surface area contributed by atoms with Crippen molar-refractivity contribution in [3.05, 3.63) is 89.9 Å². The second kappa shape index (κ2) is 7.97. The fraction of sp³-hybridized carbons (Fsp3) is 0.0741. The van der Waals surface area contributed by atoms with Crippen molar-refractivity contribution in [3.63, 3.8) is 0 Å². The number of aromatic hydroxyl groups is 2. The summed E-state index contributed by atoms with van der Waals surface area (Å²) in [6.45, 7) is 0. The topological polar surface area (TPSA) is 86.3 Å². The molecule has 0 aliphatic carbocycles. The van der Waals surface area contributed by atoms with Crippen LogP contribution < -0.4 is 9.88 Å². The summed E-state index contributed by atoms with van der Waals surface area (Å²) < 4.78 is 2.81. The van der Waals surface area contributed by atoms with Crippen LogP contribution in [0.5, 0.6) is 11.5 Å². The number of benzene rings is 3. The van der Waals surface area contributed by atoms with Crippen LogP contribution in [0.1, 0.15) is 10.4 Å². The van der Waals surface area contributed by atoms with Crippen molar-refractivity contribution in [3.8, 4) is 34.0 Å². The molecule has 6 nitrogen and oxygen atoms in total. The first-order valence-electron chi connectivity index (χ1n) is 10.9. The Bertz CT molecular complexity index is 1540. The molecule has 2 aromatic heterocycles. The average molecular weight is 467 g/mol. The molecule has 3 aromatic carbocycles. The van der Waals surface area contributed by atoms with Crippen molar-refractivity contribution in [2.24, 2.45) is 0 Å². The first-order valence-corrected chi connectivity index (χ1v) is 11.8. The standard InChI is InChI=1S/C27H19N3O3S/c31-18-9-5-16(6-10-18)13-22-27(33)30-14-23(17-7-11-19(32)12-8-17)28-25(26(30)29-22)21-15-34-24-4-2-1-3-20(21)24/h1-12,14-15,22,31-32H,13H2/p+1. The number of rotatable bonds is 4. The maximum absolute atomic E-state index is 13.5. The van der Waals surface area contributed by atoms with Gasteiger partial charge in [-0.3, -0.25) is 5.32 Å². The van der Waals surface area contributed by atoms with Crippen LogP contribution in [0, 0.1) is 0 Å². The van der Waals surface area contributed by atoms with Gasteiger partial charge in [0.1, 0.15) is 23.4 Å². The quantitative estimate of drug-likeness (QED) is 0.324. The molecule has 0 saturated heterocycles. The van der Waals surface area contributed by atoms with Crippen LogP contribution in [-0.2, 0) is 6.42 Å². The minimum absolute atomic E-state index is 0.0636. The van der Waals surface area contributed by atoms with Crippen molar-refractivity contribution in [2.75, 3.05) is 5.32 Å². The normalized spacial score (nSPS) is 14.8. The van der Waals surface area contributed by atoms with Crippen molar-refractivity contribution >= 4 is 33.1 Å². The fourth-order valence-corrected chi connectivity index (χ4v) is 5.28. The van der Waals surface area contributed by atoms with Crippen LogP contribution in [-0.4, -0.2) is 27.1 Å². The lowest BCUT2D eigenvalue weighted by molar-refractivity contribution is -0.551. The van der Waals surface area contributed by atoms with E-state index in [9.17, 15) is 15.0 Å². The van der Waals surface area contributed by atoms with Gasteiger partial charge in [-0.15, -0.1) is 11.3 Å². The maximum atomic E-state index is 13.5. The number of hydrogen-bond acceptors (Lipinski definition) is 6. The molecule has 5 aromatic rings. The van der Waals surface area contributed by atoms with Crippen LogP contribution in [0.15, 0.2) is 84.4 Å². The van der Waals surface area contributed by atoms with E-state index in [1.165, 1.54) is 0 Å². The van der Waals surface area contributed by atoms with Gasteiger partial charge in [0.25, 0.3) is 0 Å². The van der Waals surface area contributed by atoms with E-state index in [0.29, 0.717) is 23.6 Å². The van der Waals surface area contributed by atoms with E-state index in [2.05, 4.69) is 22.8 Å². The average Bonchev–Trinajstić information content (AvgIpc) is 3.42. The van der Waals surface area contributed by atoms with E-state index in [1.54, 1.807) is 58.5 Å². The number of nitrogens with one attached hydrogen (secondary N) is 1. The van der Waals surface area contributed by atoms with Gasteiger partial charge in [0.05, 0.1) is 0 Å². The number of phenols is 2. The fourth-order valence-electron chi connectivity index (χ4n) is 4.34. The van der Waals surface area contributed by atoms with E-state index in [4.69, 9.17) is 4.98 Å². The zero-order valence-electron chi connectivity index (χ0n) is 18.0. The molecule has 1 unspecified atom stereocenters. The SMILES string of the molecule is O=C1C(Cc2ccc(O)cc2)Nc2c(-c3csc4ccccc34)nc(-c3ccc(O)cc3)c[n+]21. The highest BCUT2D eigenvalue weighted by molar-refractivity contribution is 7.17. The van der Waals surface area contributed by atoms with Gasteiger partial charge in [0, 0.05) is 33.0 Å². The van der Waals surface area contributed by atoms with E-state index in [0.717, 1.165) is 26.8 Å². The van der Waals surface area contributed by atoms with Crippen LogP contribution >= 0.6 is 11.3 Å². The van der Waals surface area contributed by atoms with Gasteiger partial charge in [-0.25, -0.2) is 9.78 Å². The Morgan fingerprint density at radius 2 is 1.65 bits per heavy atom. The van der Waals surface area contributed by atoms with E-state index in [1.807, 2.05) is 24.3 Å². The number of carbonyl (C=O) groups is 1. The highest BCUT2D eigenvalue weighted by Crippen LogP contribution is 2.37. The molecule has 0 bridgehead atoms. The number of fused-ring (bicyclic) bond motifs is 2. The number of thiophene rings is 1. The molecule has 1 atom stereocenters. The summed E-state index contributed by atoms with van der Waals surface area (Å²) in [5.41, 5.74) is 4.09. The summed E-state index contributed by atoms with van der Waals surface area (Å²) in [5.74, 6) is 0.973. The number of carbonyl (C=O) groups excluding carboxylic acids is 1. The first-order chi connectivity index (χ1) is 16.6. The molecule has 7 heteroatoms. The Morgan fingerprint density at radius 1 is 0.941 bits per heavy atom. The number of aromatic nitrogens is 2. The van der Waals surface area contributed by atoms with E-state index >= 15 is 0 Å². The zero-order valence-corrected chi connectivity index (χ0v) is 18.8. The molecular weight excluding hydrogens is 446 g/mol. The summed E-state index contributed by atoms with van der Waals surface area (Å²) >= 11 is 1.64. The number of anilines is 1. The molecule has 0 fully saturated rings. The van der Waals surface area contributed by atoms with Crippen molar-refractivity contribution in [1.29, 1.82) is 0 Å². The molecule has 0 amide bonds. The number of hydrogen-bond donors (Lipinski definition) is 3. The van der Waals surface area contributed by atoms with Gasteiger partial charge >= 0.3 is 11.7 Å². The molecular formula is C27H20N3O3S+. The Balaban J connectivity index is 1.49. The smallest absolute Gasteiger partial charge is 0.359 e. The lowest BCUT2D eigenvalue weighted by Crippen LogP contribution is -2.43. The summed E-state index contributed by atoms with van der Waals surface area (Å²) in [6.07, 6.45) is 2.24. The predicted octanol–water partition coefficient (Wildman–Crippen LogP) is 5.01. The highest BCUT2D eigenvalue weighted by atomic mass is 32.1. The Labute approximate surface area is 199 Å². The predicted molar refractivity (Wildman–Crippen MR) is 132 cm³/mol. The largest absolute Gasteiger partial charge is 0.508 e. The van der Waals surface area contributed by atoms with E-state index in [-0.39, 0.29) is 17.4 Å². The highest BCUT2D eigenvalue weighted by Gasteiger charge is 2.41. The molecule has 166 valence electrons. The number of phenolic OH excluding ortho intramolecular Hbond substituents is 2. The van der Waals surface area contributed by atoms with Gasteiger partial charge in [-0.1, -0.05) is 30.3 Å². The van der Waals surface area contributed by atoms with Gasteiger partial charge in [-0.05, 0) is 48.0 Å². The maximum Gasteiger partial charge on any atom is 0.359 e. The lowest BCUT2D eigenvalue weighted by atomic mass is 10.1. The first kappa shape index (κ1) is 20.4. The molecule has 3 N–H and O–H groups in total. The molecule has 34 heavy (non-hydrogen) atoms. The second-order valence-corrected chi connectivity index (χ2v) is 9.20. The Kier molecular flexibility index (Phi) is 4.78. The molecule has 1 aliphatic heterocycles. The van der Waals surface area contributed by atoms with Gasteiger partial charge < -0.3 is 10.2 Å². The van der Waals surface area contributed by atoms with Crippen molar-refractivity contribution in [2.45, 2.75) is 12.5 Å². The molecule has 0 saturated carbocycles. The van der Waals surface area contributed by atoms with Crippen molar-refractivity contribution in [1.82, 2.24) is 4.98 Å². The van der Waals surface area contributed by atoms with Gasteiger partial charge in [0.15, 0.2) is 11.7 Å². The lowest BCUT2D eigenvalue weighted by Gasteiger charge is -2.07. The van der Waals surface area contributed by atoms with Crippen LogP contribution in [0.2, 0.25) is 0 Å². The monoisotopic (exact) mass is 466 g/mol. The summed E-state index contributed by atoms with van der Waals surface area (Å²) in [6, 6.07) is 21.4. The third-order valence-corrected chi connectivity index (χ3v) is 7.03. The molecule has 0 radical (unpaired) electrons. The van der Waals surface area contributed by atoms with E-state index < -0.39 is 6.04 Å². The molecule has 1 aliphatic rings. The van der Waals surface area contributed by atoms with Crippen LogP contribution in [0.4, 0.5) is 5.82 Å². The minimum Gasteiger partial charge on any atom is -0.508 e. The molecule has 6 rings (SSSR count). The van der Waals surface area contributed by atoms with Crippen LogP contribution in [0.25, 0.3) is 32.6 Å².